The summed E-state index contributed by atoms with van der Waals surface area (Å²) in [5.74, 6) is 6.03. The van der Waals surface area contributed by atoms with Gasteiger partial charge >= 0.3 is 0 Å². The monoisotopic (exact) mass is 197 g/mol. The predicted molar refractivity (Wildman–Crippen MR) is 62.6 cm³/mol. The average Bonchev–Trinajstić information content (AvgIpc) is 2.17. The molecule has 0 bridgehead atoms. The third-order valence-electron chi connectivity index (χ3n) is 2.25. The highest BCUT2D eigenvalue weighted by Gasteiger charge is 2.04. The fourth-order valence-corrected chi connectivity index (χ4v) is 1.68. The summed E-state index contributed by atoms with van der Waals surface area (Å²) in [6.45, 7) is 1.79. The Morgan fingerprint density at radius 1 is 1.27 bits per heavy atom. The van der Waals surface area contributed by atoms with Crippen molar-refractivity contribution in [3.05, 3.63) is 35.9 Å². The molecular weight excluding hydrogens is 186 g/mol. The van der Waals surface area contributed by atoms with Crippen molar-refractivity contribution in [1.29, 1.82) is 0 Å². The first-order valence-electron chi connectivity index (χ1n) is 4.66. The van der Waals surface area contributed by atoms with Crippen LogP contribution in [0.15, 0.2) is 30.3 Å². The Kier molecular flexibility index (Phi) is 2.23. The summed E-state index contributed by atoms with van der Waals surface area (Å²) >= 11 is 0. The minimum absolute atomic E-state index is 0.182. The van der Waals surface area contributed by atoms with Gasteiger partial charge in [-0.3, -0.25) is 0 Å². The van der Waals surface area contributed by atoms with E-state index < -0.39 is 0 Å². The number of hydrogen-bond donors (Lipinski definition) is 2. The van der Waals surface area contributed by atoms with E-state index >= 15 is 0 Å². The van der Waals surface area contributed by atoms with Crippen LogP contribution in [-0.4, -0.2) is 5.11 Å². The zero-order valence-corrected chi connectivity index (χ0v) is 8.41. The second-order valence-electron chi connectivity index (χ2n) is 3.31. The summed E-state index contributed by atoms with van der Waals surface area (Å²) in [5.41, 5.74) is 7.31. The highest BCUT2D eigenvalue weighted by atomic mass is 16.3. The SMILES string of the molecule is CC#Cc1cccc2cc(O)cc(N)c12. The molecule has 74 valence electrons. The predicted octanol–water partition coefficient (Wildman–Crippen LogP) is 2.50. The van der Waals surface area contributed by atoms with Gasteiger partial charge in [-0.05, 0) is 24.4 Å². The molecule has 0 fully saturated rings. The van der Waals surface area contributed by atoms with Crippen LogP contribution in [0.1, 0.15) is 12.5 Å². The van der Waals surface area contributed by atoms with Crippen molar-refractivity contribution in [2.24, 2.45) is 0 Å². The number of hydrogen-bond acceptors (Lipinski definition) is 2. The fraction of sp³-hybridized carbons (Fsp3) is 0.0769. The molecule has 0 spiro atoms. The summed E-state index contributed by atoms with van der Waals surface area (Å²) in [5, 5.41) is 11.2. The second kappa shape index (κ2) is 3.55. The Labute approximate surface area is 88.3 Å². The quantitative estimate of drug-likeness (QED) is 0.503. The molecule has 2 rings (SSSR count). The highest BCUT2D eigenvalue weighted by Crippen LogP contribution is 2.28. The van der Waals surface area contributed by atoms with E-state index in [1.54, 1.807) is 19.1 Å². The smallest absolute Gasteiger partial charge is 0.118 e. The maximum absolute atomic E-state index is 9.42. The van der Waals surface area contributed by atoms with Gasteiger partial charge in [-0.2, -0.15) is 0 Å². The summed E-state index contributed by atoms with van der Waals surface area (Å²) < 4.78 is 0. The van der Waals surface area contributed by atoms with E-state index in [0.29, 0.717) is 5.69 Å². The third kappa shape index (κ3) is 1.60. The van der Waals surface area contributed by atoms with Gasteiger partial charge in [0.15, 0.2) is 0 Å². The number of anilines is 1. The first-order valence-corrected chi connectivity index (χ1v) is 4.66. The van der Waals surface area contributed by atoms with Crippen LogP contribution in [-0.2, 0) is 0 Å². The lowest BCUT2D eigenvalue weighted by Crippen LogP contribution is -1.89. The maximum Gasteiger partial charge on any atom is 0.118 e. The van der Waals surface area contributed by atoms with Crippen LogP contribution in [0.5, 0.6) is 5.75 Å². The molecule has 0 saturated heterocycles. The molecular formula is C13H11NO. The van der Waals surface area contributed by atoms with Crippen molar-refractivity contribution in [1.82, 2.24) is 0 Å². The minimum Gasteiger partial charge on any atom is -0.508 e. The van der Waals surface area contributed by atoms with Gasteiger partial charge in [0.2, 0.25) is 0 Å². The Morgan fingerprint density at radius 3 is 2.80 bits per heavy atom. The van der Waals surface area contributed by atoms with E-state index in [-0.39, 0.29) is 5.75 Å². The lowest BCUT2D eigenvalue weighted by Gasteiger charge is -2.05. The van der Waals surface area contributed by atoms with Crippen LogP contribution in [0.25, 0.3) is 10.8 Å². The van der Waals surface area contributed by atoms with Gasteiger partial charge in [0.25, 0.3) is 0 Å². The molecule has 2 aromatic rings. The van der Waals surface area contributed by atoms with Crippen LogP contribution in [0.4, 0.5) is 5.69 Å². The molecule has 0 unspecified atom stereocenters. The minimum atomic E-state index is 0.182. The van der Waals surface area contributed by atoms with Crippen molar-refractivity contribution in [3.63, 3.8) is 0 Å². The molecule has 3 N–H and O–H groups in total. The molecule has 0 aromatic heterocycles. The maximum atomic E-state index is 9.42. The Hall–Kier alpha value is -2.14. The topological polar surface area (TPSA) is 46.2 Å². The van der Waals surface area contributed by atoms with E-state index in [1.165, 1.54) is 0 Å². The summed E-state index contributed by atoms with van der Waals surface area (Å²) in [4.78, 5) is 0. The van der Waals surface area contributed by atoms with Gasteiger partial charge < -0.3 is 10.8 Å². The fourth-order valence-electron chi connectivity index (χ4n) is 1.68. The van der Waals surface area contributed by atoms with Crippen LogP contribution in [0.2, 0.25) is 0 Å². The summed E-state index contributed by atoms with van der Waals surface area (Å²) in [6.07, 6.45) is 0. The normalized spacial score (nSPS) is 9.67. The number of phenols is 1. The number of benzene rings is 2. The standard InChI is InChI=1S/C13H11NO/c1-2-4-9-5-3-6-10-7-11(15)8-12(14)13(9)10/h3,5-8,15H,14H2,1H3. The van der Waals surface area contributed by atoms with Crippen molar-refractivity contribution >= 4 is 16.5 Å². The summed E-state index contributed by atoms with van der Waals surface area (Å²) in [6, 6.07) is 8.97. The number of nitrogen functional groups attached to an aromatic ring is 1. The van der Waals surface area contributed by atoms with Crippen molar-refractivity contribution in [3.8, 4) is 17.6 Å². The molecule has 0 heterocycles. The van der Waals surface area contributed by atoms with E-state index in [4.69, 9.17) is 5.73 Å². The third-order valence-corrected chi connectivity index (χ3v) is 2.25. The number of fused-ring (bicyclic) bond motifs is 1. The molecule has 2 aromatic carbocycles. The van der Waals surface area contributed by atoms with Gasteiger partial charge in [-0.1, -0.05) is 18.1 Å². The van der Waals surface area contributed by atoms with E-state index in [9.17, 15) is 5.11 Å². The first-order chi connectivity index (χ1) is 7.22. The number of nitrogens with two attached hydrogens (primary N) is 1. The molecule has 2 nitrogen and oxygen atoms in total. The van der Waals surface area contributed by atoms with Crippen molar-refractivity contribution < 1.29 is 5.11 Å². The largest absolute Gasteiger partial charge is 0.508 e. The zero-order valence-electron chi connectivity index (χ0n) is 8.41. The molecule has 0 atom stereocenters. The van der Waals surface area contributed by atoms with Gasteiger partial charge in [0, 0.05) is 22.7 Å². The van der Waals surface area contributed by atoms with Crippen LogP contribution in [0.3, 0.4) is 0 Å². The van der Waals surface area contributed by atoms with Gasteiger partial charge in [0.1, 0.15) is 5.75 Å². The van der Waals surface area contributed by atoms with Crippen LogP contribution in [0, 0.1) is 11.8 Å². The Balaban J connectivity index is 2.89. The van der Waals surface area contributed by atoms with E-state index in [2.05, 4.69) is 11.8 Å². The molecule has 0 saturated carbocycles. The lowest BCUT2D eigenvalue weighted by molar-refractivity contribution is 0.476. The Morgan fingerprint density at radius 2 is 2.07 bits per heavy atom. The lowest BCUT2D eigenvalue weighted by atomic mass is 10.0. The first kappa shape index (κ1) is 9.42. The highest BCUT2D eigenvalue weighted by molar-refractivity contribution is 5.98. The van der Waals surface area contributed by atoms with Gasteiger partial charge in [-0.15, -0.1) is 5.92 Å². The molecule has 0 aliphatic carbocycles. The zero-order chi connectivity index (χ0) is 10.8. The Bertz CT molecular complexity index is 576. The van der Waals surface area contributed by atoms with Gasteiger partial charge in [-0.25, -0.2) is 0 Å². The molecule has 15 heavy (non-hydrogen) atoms. The second-order valence-corrected chi connectivity index (χ2v) is 3.31. The van der Waals surface area contributed by atoms with Crippen molar-refractivity contribution in [2.75, 3.05) is 5.73 Å². The number of phenolic OH excluding ortho intramolecular Hbond substituents is 1. The number of rotatable bonds is 0. The molecule has 0 aliphatic heterocycles. The average molecular weight is 197 g/mol. The molecule has 0 aliphatic rings. The van der Waals surface area contributed by atoms with Crippen LogP contribution < -0.4 is 5.73 Å². The number of aromatic hydroxyl groups is 1. The molecule has 2 heteroatoms. The van der Waals surface area contributed by atoms with E-state index in [0.717, 1.165) is 16.3 Å². The molecule has 0 amide bonds. The van der Waals surface area contributed by atoms with E-state index in [1.807, 2.05) is 18.2 Å². The van der Waals surface area contributed by atoms with Crippen molar-refractivity contribution in [2.45, 2.75) is 6.92 Å². The summed E-state index contributed by atoms with van der Waals surface area (Å²) in [7, 11) is 0. The van der Waals surface area contributed by atoms with Gasteiger partial charge in [0.05, 0.1) is 0 Å². The van der Waals surface area contributed by atoms with Crippen LogP contribution >= 0.6 is 0 Å². The molecule has 0 radical (unpaired) electrons.